The van der Waals surface area contributed by atoms with Crippen molar-refractivity contribution in [1.82, 2.24) is 19.5 Å². The van der Waals surface area contributed by atoms with Crippen molar-refractivity contribution in [3.63, 3.8) is 0 Å². The van der Waals surface area contributed by atoms with E-state index in [-0.39, 0.29) is 25.8 Å². The van der Waals surface area contributed by atoms with E-state index in [0.29, 0.717) is 36.4 Å². The molecule has 2 heterocycles. The van der Waals surface area contributed by atoms with Gasteiger partial charge in [0.05, 0.1) is 26.1 Å². The maximum Gasteiger partial charge on any atom is 0.236 e. The molecule has 4 N–H and O–H groups in total. The third-order valence-corrected chi connectivity index (χ3v) is 4.77. The number of aliphatic hydroxyl groups is 2. The molecule has 9 nitrogen and oxygen atoms in total. The highest BCUT2D eigenvalue weighted by Gasteiger charge is 2.44. The summed E-state index contributed by atoms with van der Waals surface area (Å²) in [5, 5.41) is 18.9. The van der Waals surface area contributed by atoms with Gasteiger partial charge in [0.2, 0.25) is 5.91 Å². The van der Waals surface area contributed by atoms with Crippen molar-refractivity contribution in [2.75, 3.05) is 31.2 Å². The molecule has 2 aromatic rings. The zero-order chi connectivity index (χ0) is 17.3. The molecule has 1 aliphatic rings. The SMILES string of the molecule is CCN(CC(N)=O)c1ncnc2c1ncn2C1CC(CO)(CO)C1. The molecule has 0 spiro atoms. The number of nitrogens with two attached hydrogens (primary N) is 1. The summed E-state index contributed by atoms with van der Waals surface area (Å²) in [6.07, 6.45) is 4.49. The number of likely N-dealkylation sites (N-methyl/N-ethyl adjacent to an activating group) is 1. The number of rotatable bonds is 7. The highest BCUT2D eigenvalue weighted by molar-refractivity contribution is 5.87. The minimum Gasteiger partial charge on any atom is -0.396 e. The molecular weight excluding hydrogens is 312 g/mol. The van der Waals surface area contributed by atoms with Gasteiger partial charge in [0.15, 0.2) is 17.0 Å². The van der Waals surface area contributed by atoms with Crippen LogP contribution in [0, 0.1) is 5.41 Å². The number of hydrogen-bond donors (Lipinski definition) is 3. The fraction of sp³-hybridized carbons (Fsp3) is 0.600. The minimum absolute atomic E-state index is 0.0327. The van der Waals surface area contributed by atoms with Gasteiger partial charge in [0.25, 0.3) is 0 Å². The van der Waals surface area contributed by atoms with E-state index in [1.165, 1.54) is 6.33 Å². The summed E-state index contributed by atoms with van der Waals surface area (Å²) in [6.45, 7) is 2.49. The van der Waals surface area contributed by atoms with E-state index < -0.39 is 11.3 Å². The number of primary amides is 1. The van der Waals surface area contributed by atoms with Gasteiger partial charge in [-0.05, 0) is 19.8 Å². The smallest absolute Gasteiger partial charge is 0.236 e. The van der Waals surface area contributed by atoms with Gasteiger partial charge in [0, 0.05) is 18.0 Å². The maximum absolute atomic E-state index is 11.2. The third kappa shape index (κ3) is 2.69. The Hall–Kier alpha value is -2.26. The molecule has 0 saturated heterocycles. The largest absolute Gasteiger partial charge is 0.396 e. The van der Waals surface area contributed by atoms with E-state index in [0.717, 1.165) is 0 Å². The van der Waals surface area contributed by atoms with Crippen LogP contribution >= 0.6 is 0 Å². The summed E-state index contributed by atoms with van der Waals surface area (Å²) in [6, 6.07) is 0.128. The normalized spacial score (nSPS) is 17.0. The summed E-state index contributed by atoms with van der Waals surface area (Å²) in [5.41, 5.74) is 6.17. The lowest BCUT2D eigenvalue weighted by Crippen LogP contribution is -2.44. The van der Waals surface area contributed by atoms with Crippen LogP contribution in [0.4, 0.5) is 5.82 Å². The van der Waals surface area contributed by atoms with Gasteiger partial charge < -0.3 is 25.4 Å². The molecule has 0 radical (unpaired) electrons. The number of nitrogens with zero attached hydrogens (tertiary/aromatic N) is 5. The molecule has 24 heavy (non-hydrogen) atoms. The second-order valence-electron chi connectivity index (χ2n) is 6.38. The number of hydrogen-bond acceptors (Lipinski definition) is 7. The van der Waals surface area contributed by atoms with Gasteiger partial charge in [-0.2, -0.15) is 0 Å². The van der Waals surface area contributed by atoms with Gasteiger partial charge in [0.1, 0.15) is 6.33 Å². The van der Waals surface area contributed by atoms with Crippen molar-refractivity contribution < 1.29 is 15.0 Å². The first kappa shape index (κ1) is 16.6. The summed E-state index contributed by atoms with van der Waals surface area (Å²) in [5.74, 6) is 0.146. The van der Waals surface area contributed by atoms with E-state index in [1.54, 1.807) is 11.2 Å². The first-order valence-electron chi connectivity index (χ1n) is 7.96. The average molecular weight is 334 g/mol. The average Bonchev–Trinajstić information content (AvgIpc) is 2.96. The van der Waals surface area contributed by atoms with Crippen molar-refractivity contribution in [3.05, 3.63) is 12.7 Å². The molecule has 1 aliphatic carbocycles. The number of carbonyl (C=O) groups excluding carboxylic acids is 1. The van der Waals surface area contributed by atoms with Crippen molar-refractivity contribution >= 4 is 22.9 Å². The number of aromatic nitrogens is 4. The lowest BCUT2D eigenvalue weighted by Gasteiger charge is -2.45. The molecular formula is C15H22N6O3. The molecule has 0 unspecified atom stereocenters. The van der Waals surface area contributed by atoms with Crippen molar-refractivity contribution in [1.29, 1.82) is 0 Å². The minimum atomic E-state index is -0.433. The van der Waals surface area contributed by atoms with Crippen LogP contribution in [0.15, 0.2) is 12.7 Å². The topological polar surface area (TPSA) is 130 Å². The molecule has 0 aromatic carbocycles. The van der Waals surface area contributed by atoms with Crippen LogP contribution < -0.4 is 10.6 Å². The summed E-state index contributed by atoms with van der Waals surface area (Å²) >= 11 is 0. The molecule has 130 valence electrons. The number of anilines is 1. The number of carbonyl (C=O) groups is 1. The molecule has 0 aliphatic heterocycles. The predicted octanol–water partition coefficient (Wildman–Crippen LogP) is -0.556. The highest BCUT2D eigenvalue weighted by atomic mass is 16.3. The van der Waals surface area contributed by atoms with E-state index in [4.69, 9.17) is 5.73 Å². The van der Waals surface area contributed by atoms with E-state index in [1.807, 2.05) is 11.5 Å². The summed E-state index contributed by atoms with van der Waals surface area (Å²) in [7, 11) is 0. The predicted molar refractivity (Wildman–Crippen MR) is 87.3 cm³/mol. The lowest BCUT2D eigenvalue weighted by molar-refractivity contribution is -0.116. The van der Waals surface area contributed by atoms with Gasteiger partial charge in [-0.15, -0.1) is 0 Å². The highest BCUT2D eigenvalue weighted by Crippen LogP contribution is 2.48. The molecule has 0 bridgehead atoms. The number of amides is 1. The van der Waals surface area contributed by atoms with Gasteiger partial charge in [-0.25, -0.2) is 15.0 Å². The number of fused-ring (bicyclic) bond motifs is 1. The summed E-state index contributed by atoms with van der Waals surface area (Å²) < 4.78 is 1.95. The third-order valence-electron chi connectivity index (χ3n) is 4.77. The number of aliphatic hydroxyl groups excluding tert-OH is 2. The molecule has 9 heteroatoms. The first-order valence-corrected chi connectivity index (χ1v) is 7.96. The van der Waals surface area contributed by atoms with Crippen LogP contribution in [0.5, 0.6) is 0 Å². The Balaban J connectivity index is 1.91. The Kier molecular flexibility index (Phi) is 4.37. The van der Waals surface area contributed by atoms with E-state index in [2.05, 4.69) is 15.0 Å². The first-order chi connectivity index (χ1) is 11.5. The van der Waals surface area contributed by atoms with E-state index in [9.17, 15) is 15.0 Å². The van der Waals surface area contributed by atoms with Crippen molar-refractivity contribution in [3.8, 4) is 0 Å². The number of imidazole rings is 1. The second-order valence-corrected chi connectivity index (χ2v) is 6.38. The molecule has 1 fully saturated rings. The molecule has 1 amide bonds. The quantitative estimate of drug-likeness (QED) is 0.619. The van der Waals surface area contributed by atoms with E-state index >= 15 is 0 Å². The Morgan fingerprint density at radius 2 is 2.08 bits per heavy atom. The standard InChI is InChI=1S/C15H22N6O3/c1-2-20(5-11(16)24)13-12-14(18-8-17-13)21(9-19-12)10-3-15(4-10,6-22)7-23/h8-10,22-23H,2-7H2,1H3,(H2,16,24). The molecule has 1 saturated carbocycles. The van der Waals surface area contributed by atoms with Crippen LogP contribution in [0.3, 0.4) is 0 Å². The maximum atomic E-state index is 11.2. The second kappa shape index (κ2) is 6.33. The Morgan fingerprint density at radius 1 is 1.38 bits per heavy atom. The Morgan fingerprint density at radius 3 is 2.67 bits per heavy atom. The lowest BCUT2D eigenvalue weighted by atomic mass is 9.66. The van der Waals surface area contributed by atoms with Gasteiger partial charge >= 0.3 is 0 Å². The van der Waals surface area contributed by atoms with Gasteiger partial charge in [-0.3, -0.25) is 4.79 Å². The molecule has 0 atom stereocenters. The van der Waals surface area contributed by atoms with Crippen LogP contribution in [0.2, 0.25) is 0 Å². The fourth-order valence-electron chi connectivity index (χ4n) is 3.31. The van der Waals surface area contributed by atoms with Crippen LogP contribution in [0.25, 0.3) is 11.2 Å². The Labute approximate surface area is 139 Å². The summed E-state index contributed by atoms with van der Waals surface area (Å²) in [4.78, 5) is 26.0. The van der Waals surface area contributed by atoms with Gasteiger partial charge in [-0.1, -0.05) is 0 Å². The monoisotopic (exact) mass is 334 g/mol. The van der Waals surface area contributed by atoms with Crippen LogP contribution in [-0.4, -0.2) is 61.9 Å². The van der Waals surface area contributed by atoms with Crippen molar-refractivity contribution in [2.45, 2.75) is 25.8 Å². The molecule has 2 aromatic heterocycles. The van der Waals surface area contributed by atoms with Crippen LogP contribution in [0.1, 0.15) is 25.8 Å². The zero-order valence-corrected chi connectivity index (χ0v) is 13.6. The molecule has 3 rings (SSSR count). The van der Waals surface area contributed by atoms with Crippen LogP contribution in [-0.2, 0) is 4.79 Å². The van der Waals surface area contributed by atoms with Crippen molar-refractivity contribution in [2.24, 2.45) is 11.1 Å². The fourth-order valence-corrected chi connectivity index (χ4v) is 3.31. The Bertz CT molecular complexity index is 734. The zero-order valence-electron chi connectivity index (χ0n) is 13.6.